The lowest BCUT2D eigenvalue weighted by Gasteiger charge is -2.10. The van der Waals surface area contributed by atoms with Crippen LogP contribution in [0.3, 0.4) is 0 Å². The number of amides is 1. The van der Waals surface area contributed by atoms with Crippen LogP contribution in [0.2, 0.25) is 5.02 Å². The zero-order valence-corrected chi connectivity index (χ0v) is 10.7. The molecule has 0 aliphatic carbocycles. The highest BCUT2D eigenvalue weighted by Crippen LogP contribution is 2.19. The number of nitrogens with zero attached hydrogens (tertiary/aromatic N) is 1. The Labute approximate surface area is 111 Å². The fourth-order valence-electron chi connectivity index (χ4n) is 1.82. The summed E-state index contributed by atoms with van der Waals surface area (Å²) in [6, 6.07) is 3.46. The van der Waals surface area contributed by atoms with E-state index < -0.39 is 0 Å². The molecule has 5 nitrogen and oxygen atoms in total. The minimum Gasteiger partial charge on any atom is -0.475 e. The Morgan fingerprint density at radius 2 is 2.56 bits per heavy atom. The van der Waals surface area contributed by atoms with E-state index in [-0.39, 0.29) is 11.8 Å². The summed E-state index contributed by atoms with van der Waals surface area (Å²) in [6.45, 7) is 2.50. The molecule has 1 aromatic rings. The van der Waals surface area contributed by atoms with Crippen LogP contribution in [-0.2, 0) is 4.79 Å². The predicted octanol–water partition coefficient (Wildman–Crippen LogP) is 0.839. The van der Waals surface area contributed by atoms with Crippen LogP contribution in [0.4, 0.5) is 0 Å². The highest BCUT2D eigenvalue weighted by Gasteiger charge is 2.21. The van der Waals surface area contributed by atoms with Crippen molar-refractivity contribution in [2.45, 2.75) is 6.42 Å². The number of carbonyl (C=O) groups excluding carboxylic acids is 1. The lowest BCUT2D eigenvalue weighted by Crippen LogP contribution is -2.34. The standard InChI is InChI=1S/C12H16ClN3O2/c13-10-2-1-4-16-12(10)18-7-6-15-11(17)9-3-5-14-8-9/h1-2,4,9,14H,3,5-8H2,(H,15,17). The molecule has 0 radical (unpaired) electrons. The van der Waals surface area contributed by atoms with Crippen LogP contribution in [0, 0.1) is 5.92 Å². The van der Waals surface area contributed by atoms with Crippen LogP contribution in [0.25, 0.3) is 0 Å². The number of halogens is 1. The Hall–Kier alpha value is -1.33. The normalized spacial score (nSPS) is 18.6. The van der Waals surface area contributed by atoms with Gasteiger partial charge in [-0.2, -0.15) is 0 Å². The number of carbonyl (C=O) groups is 1. The molecule has 18 heavy (non-hydrogen) atoms. The van der Waals surface area contributed by atoms with Gasteiger partial charge in [-0.3, -0.25) is 4.79 Å². The summed E-state index contributed by atoms with van der Waals surface area (Å²) in [7, 11) is 0. The first-order valence-electron chi connectivity index (χ1n) is 5.99. The third kappa shape index (κ3) is 3.58. The fourth-order valence-corrected chi connectivity index (χ4v) is 2.00. The van der Waals surface area contributed by atoms with Gasteiger partial charge in [-0.25, -0.2) is 4.98 Å². The van der Waals surface area contributed by atoms with Gasteiger partial charge in [0.15, 0.2) is 0 Å². The molecule has 98 valence electrons. The maximum absolute atomic E-state index is 11.7. The molecule has 1 amide bonds. The van der Waals surface area contributed by atoms with Crippen molar-refractivity contribution in [3.05, 3.63) is 23.4 Å². The third-order valence-electron chi connectivity index (χ3n) is 2.80. The second-order valence-electron chi connectivity index (χ2n) is 4.12. The van der Waals surface area contributed by atoms with E-state index in [4.69, 9.17) is 16.3 Å². The van der Waals surface area contributed by atoms with Crippen molar-refractivity contribution in [3.63, 3.8) is 0 Å². The average Bonchev–Trinajstić information content (AvgIpc) is 2.90. The summed E-state index contributed by atoms with van der Waals surface area (Å²) < 4.78 is 5.38. The number of hydrogen-bond acceptors (Lipinski definition) is 4. The van der Waals surface area contributed by atoms with Crippen LogP contribution in [-0.4, -0.2) is 37.1 Å². The Morgan fingerprint density at radius 3 is 3.28 bits per heavy atom. The summed E-state index contributed by atoms with van der Waals surface area (Å²) in [6.07, 6.45) is 2.52. The van der Waals surface area contributed by atoms with Crippen molar-refractivity contribution in [1.29, 1.82) is 0 Å². The molecule has 0 aromatic carbocycles. The number of nitrogens with one attached hydrogen (secondary N) is 2. The molecule has 2 heterocycles. The van der Waals surface area contributed by atoms with Crippen LogP contribution in [0.5, 0.6) is 5.88 Å². The first-order valence-corrected chi connectivity index (χ1v) is 6.37. The van der Waals surface area contributed by atoms with Gasteiger partial charge in [-0.1, -0.05) is 11.6 Å². The Kier molecular flexibility index (Phi) is 4.78. The molecule has 0 saturated carbocycles. The van der Waals surface area contributed by atoms with E-state index in [1.54, 1.807) is 18.3 Å². The monoisotopic (exact) mass is 269 g/mol. The molecule has 2 rings (SSSR count). The summed E-state index contributed by atoms with van der Waals surface area (Å²) in [5.41, 5.74) is 0. The molecule has 0 spiro atoms. The van der Waals surface area contributed by atoms with Gasteiger partial charge in [0.2, 0.25) is 11.8 Å². The molecule has 2 N–H and O–H groups in total. The van der Waals surface area contributed by atoms with Gasteiger partial charge in [0.05, 0.1) is 12.5 Å². The highest BCUT2D eigenvalue weighted by molar-refractivity contribution is 6.31. The van der Waals surface area contributed by atoms with Gasteiger partial charge in [0.25, 0.3) is 0 Å². The van der Waals surface area contributed by atoms with E-state index in [1.807, 2.05) is 0 Å². The van der Waals surface area contributed by atoms with Crippen molar-refractivity contribution in [2.24, 2.45) is 5.92 Å². The summed E-state index contributed by atoms with van der Waals surface area (Å²) in [5.74, 6) is 0.565. The van der Waals surface area contributed by atoms with Crippen LogP contribution >= 0.6 is 11.6 Å². The quantitative estimate of drug-likeness (QED) is 0.778. The largest absolute Gasteiger partial charge is 0.475 e. The molecule has 1 atom stereocenters. The second kappa shape index (κ2) is 6.56. The van der Waals surface area contributed by atoms with Crippen molar-refractivity contribution in [3.8, 4) is 5.88 Å². The van der Waals surface area contributed by atoms with Crippen LogP contribution in [0.1, 0.15) is 6.42 Å². The van der Waals surface area contributed by atoms with Gasteiger partial charge >= 0.3 is 0 Å². The van der Waals surface area contributed by atoms with Crippen molar-refractivity contribution in [1.82, 2.24) is 15.6 Å². The highest BCUT2D eigenvalue weighted by atomic mass is 35.5. The fraction of sp³-hybridized carbons (Fsp3) is 0.500. The van der Waals surface area contributed by atoms with E-state index in [1.165, 1.54) is 0 Å². The van der Waals surface area contributed by atoms with Gasteiger partial charge in [0, 0.05) is 12.7 Å². The van der Waals surface area contributed by atoms with E-state index >= 15 is 0 Å². The lowest BCUT2D eigenvalue weighted by molar-refractivity contribution is -0.124. The van der Waals surface area contributed by atoms with E-state index in [2.05, 4.69) is 15.6 Å². The number of rotatable bonds is 5. The first-order chi connectivity index (χ1) is 8.77. The molecule has 1 aliphatic heterocycles. The molecule has 1 unspecified atom stereocenters. The Balaban J connectivity index is 1.67. The van der Waals surface area contributed by atoms with E-state index in [0.717, 1.165) is 19.5 Å². The third-order valence-corrected chi connectivity index (χ3v) is 3.08. The maximum Gasteiger partial charge on any atom is 0.232 e. The maximum atomic E-state index is 11.7. The molecule has 1 saturated heterocycles. The predicted molar refractivity (Wildman–Crippen MR) is 68.7 cm³/mol. The number of ether oxygens (including phenoxy) is 1. The number of pyridine rings is 1. The van der Waals surface area contributed by atoms with Crippen LogP contribution in [0.15, 0.2) is 18.3 Å². The molecular formula is C12H16ClN3O2. The average molecular weight is 270 g/mol. The van der Waals surface area contributed by atoms with Gasteiger partial charge in [-0.15, -0.1) is 0 Å². The zero-order valence-electron chi connectivity index (χ0n) is 9.99. The molecule has 0 bridgehead atoms. The molecule has 1 aromatic heterocycles. The Morgan fingerprint density at radius 1 is 1.67 bits per heavy atom. The minimum atomic E-state index is 0.0794. The molecular weight excluding hydrogens is 254 g/mol. The zero-order chi connectivity index (χ0) is 12.8. The second-order valence-corrected chi connectivity index (χ2v) is 4.53. The Bertz CT molecular complexity index is 408. The summed E-state index contributed by atoms with van der Waals surface area (Å²) >= 11 is 5.89. The summed E-state index contributed by atoms with van der Waals surface area (Å²) in [5, 5.41) is 6.47. The van der Waals surface area contributed by atoms with Crippen LogP contribution < -0.4 is 15.4 Å². The number of aromatic nitrogens is 1. The SMILES string of the molecule is O=C(NCCOc1ncccc1Cl)C1CCNC1. The summed E-state index contributed by atoms with van der Waals surface area (Å²) in [4.78, 5) is 15.7. The number of hydrogen-bond donors (Lipinski definition) is 2. The first kappa shape index (κ1) is 13.1. The van der Waals surface area contributed by atoms with E-state index in [0.29, 0.717) is 24.1 Å². The molecule has 6 heteroatoms. The minimum absolute atomic E-state index is 0.0794. The smallest absolute Gasteiger partial charge is 0.232 e. The molecule has 1 fully saturated rings. The van der Waals surface area contributed by atoms with Gasteiger partial charge in [0.1, 0.15) is 11.6 Å². The van der Waals surface area contributed by atoms with Crippen molar-refractivity contribution < 1.29 is 9.53 Å². The van der Waals surface area contributed by atoms with Gasteiger partial charge in [-0.05, 0) is 25.1 Å². The van der Waals surface area contributed by atoms with Crippen molar-refractivity contribution in [2.75, 3.05) is 26.2 Å². The van der Waals surface area contributed by atoms with Gasteiger partial charge < -0.3 is 15.4 Å². The van der Waals surface area contributed by atoms with Crippen molar-refractivity contribution >= 4 is 17.5 Å². The topological polar surface area (TPSA) is 63.2 Å². The van der Waals surface area contributed by atoms with E-state index in [9.17, 15) is 4.79 Å². The lowest BCUT2D eigenvalue weighted by atomic mass is 10.1. The molecule has 1 aliphatic rings.